The summed E-state index contributed by atoms with van der Waals surface area (Å²) in [7, 11) is 0. The third-order valence-electron chi connectivity index (χ3n) is 3.04. The molecule has 2 nitrogen and oxygen atoms in total. The van der Waals surface area contributed by atoms with Crippen molar-refractivity contribution in [3.63, 3.8) is 0 Å². The smallest absolute Gasteiger partial charge is 0.00746 e. The van der Waals surface area contributed by atoms with Gasteiger partial charge in [0.05, 0.1) is 0 Å². The summed E-state index contributed by atoms with van der Waals surface area (Å²) in [4.78, 5) is 0. The molecule has 4 N–H and O–H groups in total. The van der Waals surface area contributed by atoms with Crippen LogP contribution in [0.5, 0.6) is 0 Å². The first kappa shape index (κ1) is 10.0. The van der Waals surface area contributed by atoms with Gasteiger partial charge in [0.25, 0.3) is 0 Å². The molecule has 1 aliphatic carbocycles. The van der Waals surface area contributed by atoms with Gasteiger partial charge in [-0.3, -0.25) is 0 Å². The minimum Gasteiger partial charge on any atom is -0.330 e. The number of rotatable bonds is 4. The highest BCUT2D eigenvalue weighted by molar-refractivity contribution is 4.73. The van der Waals surface area contributed by atoms with Gasteiger partial charge in [-0.1, -0.05) is 19.3 Å². The molecule has 0 aromatic heterocycles. The van der Waals surface area contributed by atoms with Crippen LogP contribution in [0.3, 0.4) is 0 Å². The molecule has 1 aliphatic rings. The largest absolute Gasteiger partial charge is 0.330 e. The standard InChI is InChI=1S/C10H22N2/c11-6-4-9-2-1-3-10(8-9)5-7-12/h9-10H,1-8,11-12H2/t9-,10?/m1/s1. The predicted octanol–water partition coefficient (Wildman–Crippen LogP) is 1.49. The highest BCUT2D eigenvalue weighted by Crippen LogP contribution is 2.32. The molecule has 1 fully saturated rings. The fraction of sp³-hybridized carbons (Fsp3) is 1.00. The second kappa shape index (κ2) is 5.55. The van der Waals surface area contributed by atoms with Gasteiger partial charge in [0, 0.05) is 0 Å². The maximum Gasteiger partial charge on any atom is -0.00746 e. The van der Waals surface area contributed by atoms with Crippen molar-refractivity contribution in [2.45, 2.75) is 38.5 Å². The molecule has 2 atom stereocenters. The lowest BCUT2D eigenvalue weighted by Crippen LogP contribution is -2.20. The van der Waals surface area contributed by atoms with E-state index in [-0.39, 0.29) is 0 Å². The Balaban J connectivity index is 2.20. The van der Waals surface area contributed by atoms with Gasteiger partial charge < -0.3 is 11.5 Å². The van der Waals surface area contributed by atoms with Crippen LogP contribution in [0, 0.1) is 11.8 Å². The first-order chi connectivity index (χ1) is 5.86. The first-order valence-corrected chi connectivity index (χ1v) is 5.27. The van der Waals surface area contributed by atoms with Gasteiger partial charge in [0.15, 0.2) is 0 Å². The molecule has 1 rings (SSSR count). The number of nitrogens with two attached hydrogens (primary N) is 2. The van der Waals surface area contributed by atoms with Crippen LogP contribution in [0.25, 0.3) is 0 Å². The SMILES string of the molecule is NCCC1CCC[C@H](CCN)C1. The molecule has 0 radical (unpaired) electrons. The van der Waals surface area contributed by atoms with Crippen molar-refractivity contribution < 1.29 is 0 Å². The van der Waals surface area contributed by atoms with Crippen molar-refractivity contribution in [3.05, 3.63) is 0 Å². The molecule has 12 heavy (non-hydrogen) atoms. The van der Waals surface area contributed by atoms with Crippen LogP contribution in [-0.2, 0) is 0 Å². The molecule has 0 bridgehead atoms. The van der Waals surface area contributed by atoms with Crippen LogP contribution < -0.4 is 11.5 Å². The van der Waals surface area contributed by atoms with Gasteiger partial charge in [0.2, 0.25) is 0 Å². The molecule has 2 heteroatoms. The molecule has 0 amide bonds. The molecular formula is C10H22N2. The van der Waals surface area contributed by atoms with Crippen molar-refractivity contribution in [2.75, 3.05) is 13.1 Å². The zero-order valence-electron chi connectivity index (χ0n) is 7.97. The van der Waals surface area contributed by atoms with E-state index in [9.17, 15) is 0 Å². The first-order valence-electron chi connectivity index (χ1n) is 5.27. The molecule has 0 spiro atoms. The van der Waals surface area contributed by atoms with Gasteiger partial charge in [-0.2, -0.15) is 0 Å². The van der Waals surface area contributed by atoms with Crippen LogP contribution in [0.1, 0.15) is 38.5 Å². The van der Waals surface area contributed by atoms with E-state index in [2.05, 4.69) is 0 Å². The van der Waals surface area contributed by atoms with Crippen molar-refractivity contribution in [1.82, 2.24) is 0 Å². The van der Waals surface area contributed by atoms with Crippen LogP contribution in [-0.4, -0.2) is 13.1 Å². The Hall–Kier alpha value is -0.0800. The third kappa shape index (κ3) is 3.11. The van der Waals surface area contributed by atoms with E-state index in [4.69, 9.17) is 11.5 Å². The van der Waals surface area contributed by atoms with Gasteiger partial charge in [0.1, 0.15) is 0 Å². The minimum atomic E-state index is 0.861. The van der Waals surface area contributed by atoms with E-state index in [1.54, 1.807) is 0 Å². The summed E-state index contributed by atoms with van der Waals surface area (Å²) in [5.41, 5.74) is 11.1. The highest BCUT2D eigenvalue weighted by Gasteiger charge is 2.20. The normalized spacial score (nSPS) is 30.5. The molecule has 0 aromatic rings. The molecule has 0 heterocycles. The summed E-state index contributed by atoms with van der Waals surface area (Å²) >= 11 is 0. The Morgan fingerprint density at radius 3 is 1.83 bits per heavy atom. The molecule has 0 aliphatic heterocycles. The Bertz CT molecular complexity index is 98.4. The average molecular weight is 170 g/mol. The van der Waals surface area contributed by atoms with Gasteiger partial charge >= 0.3 is 0 Å². The maximum atomic E-state index is 5.55. The monoisotopic (exact) mass is 170 g/mol. The van der Waals surface area contributed by atoms with Crippen LogP contribution >= 0.6 is 0 Å². The second-order valence-electron chi connectivity index (χ2n) is 4.05. The Morgan fingerprint density at radius 1 is 0.917 bits per heavy atom. The number of hydrogen-bond acceptors (Lipinski definition) is 2. The van der Waals surface area contributed by atoms with Gasteiger partial charge in [-0.25, -0.2) is 0 Å². The van der Waals surface area contributed by atoms with Gasteiger partial charge in [-0.15, -0.1) is 0 Å². The molecule has 0 saturated heterocycles. The van der Waals surface area contributed by atoms with Crippen molar-refractivity contribution in [1.29, 1.82) is 0 Å². The van der Waals surface area contributed by atoms with Crippen molar-refractivity contribution in [2.24, 2.45) is 23.3 Å². The van der Waals surface area contributed by atoms with Crippen LogP contribution in [0.4, 0.5) is 0 Å². The summed E-state index contributed by atoms with van der Waals surface area (Å²) in [5, 5.41) is 0. The summed E-state index contributed by atoms with van der Waals surface area (Å²) in [6.07, 6.45) is 8.03. The Labute approximate surface area is 75.7 Å². The molecule has 72 valence electrons. The maximum absolute atomic E-state index is 5.55. The summed E-state index contributed by atoms with van der Waals surface area (Å²) in [5.74, 6) is 1.81. The van der Waals surface area contributed by atoms with E-state index in [1.165, 1.54) is 38.5 Å². The van der Waals surface area contributed by atoms with E-state index in [0.29, 0.717) is 0 Å². The number of hydrogen-bond donors (Lipinski definition) is 2. The summed E-state index contributed by atoms with van der Waals surface area (Å²) < 4.78 is 0. The fourth-order valence-corrected chi connectivity index (χ4v) is 2.40. The van der Waals surface area contributed by atoms with E-state index in [1.807, 2.05) is 0 Å². The van der Waals surface area contributed by atoms with Crippen LogP contribution in [0.2, 0.25) is 0 Å². The molecule has 1 unspecified atom stereocenters. The topological polar surface area (TPSA) is 52.0 Å². The van der Waals surface area contributed by atoms with E-state index < -0.39 is 0 Å². The summed E-state index contributed by atoms with van der Waals surface area (Å²) in [6.45, 7) is 1.72. The summed E-state index contributed by atoms with van der Waals surface area (Å²) in [6, 6.07) is 0. The quantitative estimate of drug-likeness (QED) is 0.671. The Kier molecular flexibility index (Phi) is 4.62. The van der Waals surface area contributed by atoms with E-state index in [0.717, 1.165) is 24.9 Å². The second-order valence-corrected chi connectivity index (χ2v) is 4.05. The highest BCUT2D eigenvalue weighted by atomic mass is 14.5. The average Bonchev–Trinajstić information content (AvgIpc) is 2.06. The van der Waals surface area contributed by atoms with Gasteiger partial charge in [-0.05, 0) is 44.2 Å². The zero-order chi connectivity index (χ0) is 8.81. The molecule has 1 saturated carbocycles. The Morgan fingerprint density at radius 2 is 1.42 bits per heavy atom. The molecular weight excluding hydrogens is 148 g/mol. The minimum absolute atomic E-state index is 0.861. The predicted molar refractivity (Wildman–Crippen MR) is 52.8 cm³/mol. The van der Waals surface area contributed by atoms with Crippen LogP contribution in [0.15, 0.2) is 0 Å². The van der Waals surface area contributed by atoms with Crippen molar-refractivity contribution >= 4 is 0 Å². The van der Waals surface area contributed by atoms with E-state index >= 15 is 0 Å². The molecule has 0 aromatic carbocycles. The lowest BCUT2D eigenvalue weighted by atomic mass is 9.78. The third-order valence-corrected chi connectivity index (χ3v) is 3.04. The lowest BCUT2D eigenvalue weighted by molar-refractivity contribution is 0.249. The zero-order valence-corrected chi connectivity index (χ0v) is 7.97. The fourth-order valence-electron chi connectivity index (χ4n) is 2.40. The van der Waals surface area contributed by atoms with Crippen molar-refractivity contribution in [3.8, 4) is 0 Å². The lowest BCUT2D eigenvalue weighted by Gasteiger charge is -2.28.